The smallest absolute Gasteiger partial charge is 0.120 e. The van der Waals surface area contributed by atoms with Gasteiger partial charge >= 0.3 is 0 Å². The van der Waals surface area contributed by atoms with E-state index >= 15 is 0 Å². The van der Waals surface area contributed by atoms with Crippen molar-refractivity contribution in [2.24, 2.45) is 4.99 Å². The first-order valence-corrected chi connectivity index (χ1v) is 6.22. The average molecular weight is 231 g/mol. The zero-order valence-electron chi connectivity index (χ0n) is 9.41. The summed E-state index contributed by atoms with van der Waals surface area (Å²) < 4.78 is 6.56. The molecule has 16 heavy (non-hydrogen) atoms. The second-order valence-electron chi connectivity index (χ2n) is 3.99. The summed E-state index contributed by atoms with van der Waals surface area (Å²) >= 11 is 1.83. The lowest BCUT2D eigenvalue weighted by Gasteiger charge is -2.08. The summed E-state index contributed by atoms with van der Waals surface area (Å²) in [6.07, 6.45) is 1.07. The van der Waals surface area contributed by atoms with Crippen LogP contribution >= 0.6 is 11.3 Å². The molecule has 2 nitrogen and oxygen atoms in total. The van der Waals surface area contributed by atoms with Gasteiger partial charge in [-0.1, -0.05) is 0 Å². The highest BCUT2D eigenvalue weighted by Crippen LogP contribution is 2.36. The van der Waals surface area contributed by atoms with Crippen molar-refractivity contribution in [3.63, 3.8) is 0 Å². The molecule has 0 atom stereocenters. The first-order valence-electron chi connectivity index (χ1n) is 5.40. The van der Waals surface area contributed by atoms with Gasteiger partial charge in [0.25, 0.3) is 0 Å². The molecule has 0 amide bonds. The normalized spacial score (nSPS) is 14.8. The summed E-state index contributed by atoms with van der Waals surface area (Å²) in [6.45, 7) is 3.03. The predicted octanol–water partition coefficient (Wildman–Crippen LogP) is 3.28. The van der Waals surface area contributed by atoms with Crippen molar-refractivity contribution >= 4 is 27.1 Å². The largest absolute Gasteiger partial charge is 0.497 e. The van der Waals surface area contributed by atoms with Gasteiger partial charge in [0.2, 0.25) is 0 Å². The van der Waals surface area contributed by atoms with Crippen LogP contribution in [0, 0.1) is 0 Å². The zero-order valence-corrected chi connectivity index (χ0v) is 10.2. The SMILES string of the molecule is COc1ccc2c3c(sc2c1)C(C)=NCC3. The molecule has 0 fully saturated rings. The molecule has 1 aromatic heterocycles. The van der Waals surface area contributed by atoms with Gasteiger partial charge in [0, 0.05) is 17.0 Å². The lowest BCUT2D eigenvalue weighted by molar-refractivity contribution is 0.415. The summed E-state index contributed by atoms with van der Waals surface area (Å²) in [4.78, 5) is 5.86. The number of benzene rings is 1. The van der Waals surface area contributed by atoms with E-state index in [9.17, 15) is 0 Å². The van der Waals surface area contributed by atoms with Crippen LogP contribution in [0.3, 0.4) is 0 Å². The van der Waals surface area contributed by atoms with Crippen molar-refractivity contribution in [1.29, 1.82) is 0 Å². The molecule has 0 N–H and O–H groups in total. The fourth-order valence-electron chi connectivity index (χ4n) is 2.20. The van der Waals surface area contributed by atoms with Gasteiger partial charge in [0.05, 0.1) is 12.0 Å². The van der Waals surface area contributed by atoms with E-state index in [2.05, 4.69) is 24.0 Å². The van der Waals surface area contributed by atoms with Crippen molar-refractivity contribution in [2.45, 2.75) is 13.3 Å². The number of rotatable bonds is 1. The molecule has 0 saturated carbocycles. The molecule has 1 aliphatic heterocycles. The van der Waals surface area contributed by atoms with Crippen molar-refractivity contribution in [3.05, 3.63) is 28.6 Å². The quantitative estimate of drug-likeness (QED) is 0.738. The van der Waals surface area contributed by atoms with Gasteiger partial charge in [-0.15, -0.1) is 11.3 Å². The Bertz CT molecular complexity index is 583. The predicted molar refractivity (Wildman–Crippen MR) is 69.2 cm³/mol. The molecule has 0 radical (unpaired) electrons. The van der Waals surface area contributed by atoms with Gasteiger partial charge in [0.1, 0.15) is 5.75 Å². The third-order valence-corrected chi connectivity index (χ3v) is 4.34. The van der Waals surface area contributed by atoms with E-state index in [1.54, 1.807) is 7.11 Å². The number of thiophene rings is 1. The minimum atomic E-state index is 0.927. The highest BCUT2D eigenvalue weighted by atomic mass is 32.1. The number of hydrogen-bond acceptors (Lipinski definition) is 3. The van der Waals surface area contributed by atoms with E-state index in [0.29, 0.717) is 0 Å². The molecule has 82 valence electrons. The van der Waals surface area contributed by atoms with Crippen LogP contribution in [0.15, 0.2) is 23.2 Å². The van der Waals surface area contributed by atoms with Crippen LogP contribution in [0.1, 0.15) is 17.4 Å². The Morgan fingerprint density at radius 3 is 3.06 bits per heavy atom. The summed E-state index contributed by atoms with van der Waals surface area (Å²) in [7, 11) is 1.71. The number of hydrogen-bond donors (Lipinski definition) is 0. The van der Waals surface area contributed by atoms with Crippen molar-refractivity contribution < 1.29 is 4.74 Å². The summed E-state index contributed by atoms with van der Waals surface area (Å²) in [5.74, 6) is 0.931. The Kier molecular flexibility index (Phi) is 2.21. The van der Waals surface area contributed by atoms with Crippen molar-refractivity contribution in [1.82, 2.24) is 0 Å². The van der Waals surface area contributed by atoms with Crippen LogP contribution in [-0.2, 0) is 6.42 Å². The van der Waals surface area contributed by atoms with Gasteiger partial charge in [-0.05, 0) is 42.5 Å². The average Bonchev–Trinajstić information content (AvgIpc) is 2.68. The molecule has 0 bridgehead atoms. The Morgan fingerprint density at radius 1 is 1.38 bits per heavy atom. The third-order valence-electron chi connectivity index (χ3n) is 3.04. The maximum absolute atomic E-state index is 5.26. The highest BCUT2D eigenvalue weighted by molar-refractivity contribution is 7.21. The van der Waals surface area contributed by atoms with E-state index < -0.39 is 0 Å². The maximum Gasteiger partial charge on any atom is 0.120 e. The molecular formula is C13H13NOS. The third kappa shape index (κ3) is 1.35. The monoisotopic (exact) mass is 231 g/mol. The Balaban J connectivity index is 2.28. The zero-order chi connectivity index (χ0) is 11.1. The number of nitrogens with zero attached hydrogens (tertiary/aromatic N) is 1. The van der Waals surface area contributed by atoms with Crippen LogP contribution in [-0.4, -0.2) is 19.4 Å². The minimum Gasteiger partial charge on any atom is -0.497 e. The minimum absolute atomic E-state index is 0.927. The first kappa shape index (κ1) is 9.85. The van der Waals surface area contributed by atoms with Crippen LogP contribution < -0.4 is 4.74 Å². The maximum atomic E-state index is 5.26. The van der Waals surface area contributed by atoms with Crippen LogP contribution in [0.4, 0.5) is 0 Å². The Morgan fingerprint density at radius 2 is 2.25 bits per heavy atom. The fourth-order valence-corrected chi connectivity index (χ4v) is 3.45. The van der Waals surface area contributed by atoms with E-state index in [1.165, 1.54) is 26.2 Å². The number of fused-ring (bicyclic) bond motifs is 3. The van der Waals surface area contributed by atoms with E-state index in [1.807, 2.05) is 17.4 Å². The molecular weight excluding hydrogens is 218 g/mol. The molecule has 2 aromatic rings. The highest BCUT2D eigenvalue weighted by Gasteiger charge is 2.17. The molecule has 2 heterocycles. The Hall–Kier alpha value is -1.35. The van der Waals surface area contributed by atoms with Crippen molar-refractivity contribution in [3.8, 4) is 5.75 Å². The lowest BCUT2D eigenvalue weighted by Crippen LogP contribution is -2.06. The van der Waals surface area contributed by atoms with E-state index in [-0.39, 0.29) is 0 Å². The van der Waals surface area contributed by atoms with Gasteiger partial charge in [-0.3, -0.25) is 4.99 Å². The molecule has 3 heteroatoms. The molecule has 0 saturated heterocycles. The van der Waals surface area contributed by atoms with Crippen LogP contribution in [0.25, 0.3) is 10.1 Å². The number of methoxy groups -OCH3 is 1. The molecule has 3 rings (SSSR count). The molecule has 0 aliphatic carbocycles. The number of ether oxygens (including phenoxy) is 1. The van der Waals surface area contributed by atoms with Crippen LogP contribution in [0.5, 0.6) is 5.75 Å². The Labute approximate surface area is 98.6 Å². The second-order valence-corrected chi connectivity index (χ2v) is 5.04. The summed E-state index contributed by atoms with van der Waals surface area (Å²) in [6, 6.07) is 6.32. The van der Waals surface area contributed by atoms with E-state index in [0.717, 1.165) is 18.7 Å². The van der Waals surface area contributed by atoms with Crippen LogP contribution in [0.2, 0.25) is 0 Å². The second kappa shape index (κ2) is 3.59. The fraction of sp³-hybridized carbons (Fsp3) is 0.308. The molecule has 1 aliphatic rings. The first-order chi connectivity index (χ1) is 7.79. The summed E-state index contributed by atoms with van der Waals surface area (Å²) in [5, 5.41) is 1.37. The topological polar surface area (TPSA) is 21.6 Å². The van der Waals surface area contributed by atoms with Gasteiger partial charge < -0.3 is 4.74 Å². The molecule has 0 spiro atoms. The standard InChI is InChI=1S/C13H13NOS/c1-8-13-11(5-6-14-8)10-4-3-9(15-2)7-12(10)16-13/h3-4,7H,5-6H2,1-2H3. The van der Waals surface area contributed by atoms with Crippen molar-refractivity contribution in [2.75, 3.05) is 13.7 Å². The van der Waals surface area contributed by atoms with Gasteiger partial charge in [0.15, 0.2) is 0 Å². The molecule has 1 aromatic carbocycles. The summed E-state index contributed by atoms with van der Waals surface area (Å²) in [5.41, 5.74) is 2.65. The van der Waals surface area contributed by atoms with Gasteiger partial charge in [-0.25, -0.2) is 0 Å². The number of aliphatic imine (C=N–C) groups is 1. The molecule has 0 unspecified atom stereocenters. The van der Waals surface area contributed by atoms with E-state index in [4.69, 9.17) is 4.74 Å². The van der Waals surface area contributed by atoms with Gasteiger partial charge in [-0.2, -0.15) is 0 Å². The lowest BCUT2D eigenvalue weighted by atomic mass is 10.0.